The van der Waals surface area contributed by atoms with Crippen LogP contribution >= 0.6 is 15.9 Å². The lowest BCUT2D eigenvalue weighted by Crippen LogP contribution is -2.46. The molecule has 5 rings (SSSR count). The third kappa shape index (κ3) is 2.38. The normalized spacial score (nSPS) is 22.6. The Morgan fingerprint density at radius 2 is 1.62 bits per heavy atom. The van der Waals surface area contributed by atoms with Gasteiger partial charge in [0.15, 0.2) is 0 Å². The zero-order valence-electron chi connectivity index (χ0n) is 14.5. The van der Waals surface area contributed by atoms with E-state index in [1.807, 2.05) is 30.3 Å². The van der Waals surface area contributed by atoms with E-state index in [4.69, 9.17) is 9.47 Å². The van der Waals surface area contributed by atoms with Gasteiger partial charge >= 0.3 is 0 Å². The monoisotopic (exact) mass is 406 g/mol. The molecule has 3 aromatic rings. The molecule has 0 saturated heterocycles. The van der Waals surface area contributed by atoms with Crippen molar-refractivity contribution >= 4 is 15.9 Å². The van der Waals surface area contributed by atoms with Gasteiger partial charge < -0.3 is 9.47 Å². The topological polar surface area (TPSA) is 18.5 Å². The standard InChI is InChI=1S/C23H19BrO2/c1-2-15-8-10-21-18(12-15)20-14-23(25-21,16-6-4-3-5-7-16)26-22-11-9-17(24)13-19(20)22/h3-13,20H,2,14H2,1H3/t20-,23+/m0/s1. The zero-order chi connectivity index (χ0) is 17.7. The summed E-state index contributed by atoms with van der Waals surface area (Å²) in [7, 11) is 0. The Morgan fingerprint density at radius 1 is 0.923 bits per heavy atom. The fourth-order valence-corrected chi connectivity index (χ4v) is 4.49. The van der Waals surface area contributed by atoms with Crippen LogP contribution in [0.3, 0.4) is 0 Å². The predicted octanol–water partition coefficient (Wildman–Crippen LogP) is 6.17. The van der Waals surface area contributed by atoms with E-state index in [-0.39, 0.29) is 5.92 Å². The SMILES string of the molecule is CCc1ccc2c(c1)[C@@H]1C[C@](c3ccccc3)(Oc3ccc(Br)cc31)O2. The van der Waals surface area contributed by atoms with Gasteiger partial charge in [0.05, 0.1) is 0 Å². The van der Waals surface area contributed by atoms with Crippen LogP contribution in [-0.4, -0.2) is 0 Å². The van der Waals surface area contributed by atoms with Crippen LogP contribution in [0.15, 0.2) is 71.2 Å². The average Bonchev–Trinajstić information content (AvgIpc) is 2.69. The van der Waals surface area contributed by atoms with Crippen LogP contribution < -0.4 is 9.47 Å². The highest BCUT2D eigenvalue weighted by molar-refractivity contribution is 9.10. The second-order valence-electron chi connectivity index (χ2n) is 6.99. The minimum absolute atomic E-state index is 0.256. The van der Waals surface area contributed by atoms with Crippen LogP contribution in [0.25, 0.3) is 0 Å². The summed E-state index contributed by atoms with van der Waals surface area (Å²) in [4.78, 5) is 0. The molecule has 2 aliphatic rings. The number of ether oxygens (including phenoxy) is 2. The molecule has 0 aliphatic carbocycles. The molecule has 0 N–H and O–H groups in total. The smallest absolute Gasteiger partial charge is 0.278 e. The molecule has 2 aliphatic heterocycles. The van der Waals surface area contributed by atoms with Gasteiger partial charge in [0.1, 0.15) is 11.5 Å². The molecular formula is C23H19BrO2. The number of rotatable bonds is 2. The number of fused-ring (bicyclic) bond motifs is 6. The van der Waals surface area contributed by atoms with Gasteiger partial charge in [-0.15, -0.1) is 0 Å². The van der Waals surface area contributed by atoms with Crippen molar-refractivity contribution in [2.75, 3.05) is 0 Å². The Morgan fingerprint density at radius 3 is 2.35 bits per heavy atom. The van der Waals surface area contributed by atoms with Crippen molar-refractivity contribution in [3.63, 3.8) is 0 Å². The van der Waals surface area contributed by atoms with Gasteiger partial charge in [-0.3, -0.25) is 0 Å². The summed E-state index contributed by atoms with van der Waals surface area (Å²) in [5.41, 5.74) is 4.88. The van der Waals surface area contributed by atoms with Gasteiger partial charge in [-0.05, 0) is 36.2 Å². The summed E-state index contributed by atoms with van der Waals surface area (Å²) in [5.74, 6) is 1.31. The molecule has 2 heterocycles. The lowest BCUT2D eigenvalue weighted by atomic mass is 9.78. The van der Waals surface area contributed by atoms with Gasteiger partial charge in [0.2, 0.25) is 0 Å². The second kappa shape index (κ2) is 5.88. The molecule has 0 spiro atoms. The van der Waals surface area contributed by atoms with Crippen molar-refractivity contribution in [2.24, 2.45) is 0 Å². The minimum Gasteiger partial charge on any atom is -0.448 e. The molecule has 0 saturated carbocycles. The summed E-state index contributed by atoms with van der Waals surface area (Å²) in [6.07, 6.45) is 1.80. The van der Waals surface area contributed by atoms with Crippen LogP contribution in [-0.2, 0) is 12.2 Å². The van der Waals surface area contributed by atoms with Gasteiger partial charge in [0.25, 0.3) is 5.79 Å². The number of benzene rings is 3. The van der Waals surface area contributed by atoms with E-state index in [2.05, 4.69) is 59.3 Å². The van der Waals surface area contributed by atoms with Gasteiger partial charge in [-0.1, -0.05) is 65.3 Å². The quantitative estimate of drug-likeness (QED) is 0.506. The Bertz CT molecular complexity index is 983. The Balaban J connectivity index is 1.75. The number of aryl methyl sites for hydroxylation is 1. The van der Waals surface area contributed by atoms with Crippen molar-refractivity contribution in [3.05, 3.63) is 93.5 Å². The third-order valence-corrected chi connectivity index (χ3v) is 5.93. The molecule has 2 bridgehead atoms. The molecular weight excluding hydrogens is 388 g/mol. The van der Waals surface area contributed by atoms with E-state index in [0.29, 0.717) is 0 Å². The first-order chi connectivity index (χ1) is 12.7. The molecule has 0 fully saturated rings. The van der Waals surface area contributed by atoms with Crippen LogP contribution in [0.2, 0.25) is 0 Å². The molecule has 3 heteroatoms. The molecule has 0 amide bonds. The minimum atomic E-state index is -0.770. The predicted molar refractivity (Wildman–Crippen MR) is 106 cm³/mol. The lowest BCUT2D eigenvalue weighted by molar-refractivity contribution is -0.148. The van der Waals surface area contributed by atoms with E-state index in [1.54, 1.807) is 0 Å². The number of halogens is 1. The number of hydrogen-bond acceptors (Lipinski definition) is 2. The molecule has 0 unspecified atom stereocenters. The maximum absolute atomic E-state index is 6.53. The maximum Gasteiger partial charge on any atom is 0.278 e. The first-order valence-corrected chi connectivity index (χ1v) is 9.84. The van der Waals surface area contributed by atoms with Crippen LogP contribution in [0.5, 0.6) is 11.5 Å². The van der Waals surface area contributed by atoms with Crippen molar-refractivity contribution < 1.29 is 9.47 Å². The summed E-state index contributed by atoms with van der Waals surface area (Å²) >= 11 is 3.62. The van der Waals surface area contributed by atoms with Crippen molar-refractivity contribution in [1.29, 1.82) is 0 Å². The van der Waals surface area contributed by atoms with Gasteiger partial charge in [0, 0.05) is 33.5 Å². The average molecular weight is 407 g/mol. The molecule has 2 nitrogen and oxygen atoms in total. The molecule has 2 atom stereocenters. The highest BCUT2D eigenvalue weighted by atomic mass is 79.9. The van der Waals surface area contributed by atoms with Crippen molar-refractivity contribution in [3.8, 4) is 11.5 Å². The van der Waals surface area contributed by atoms with E-state index in [9.17, 15) is 0 Å². The summed E-state index contributed by atoms with van der Waals surface area (Å²) in [6.45, 7) is 2.19. The Labute approximate surface area is 161 Å². The fourth-order valence-electron chi connectivity index (χ4n) is 4.11. The maximum atomic E-state index is 6.53. The highest BCUT2D eigenvalue weighted by Crippen LogP contribution is 2.55. The first-order valence-electron chi connectivity index (χ1n) is 9.04. The van der Waals surface area contributed by atoms with Gasteiger partial charge in [-0.25, -0.2) is 0 Å². The largest absolute Gasteiger partial charge is 0.448 e. The molecule has 130 valence electrons. The lowest BCUT2D eigenvalue weighted by Gasteiger charge is -2.46. The third-order valence-electron chi connectivity index (χ3n) is 5.44. The van der Waals surface area contributed by atoms with Crippen LogP contribution in [0.1, 0.15) is 41.5 Å². The first kappa shape index (κ1) is 16.0. The number of hydrogen-bond donors (Lipinski definition) is 0. The second-order valence-corrected chi connectivity index (χ2v) is 7.90. The summed E-state index contributed by atoms with van der Waals surface area (Å²) in [6, 6.07) is 23.1. The Kier molecular flexibility index (Phi) is 3.61. The molecule has 0 aromatic heterocycles. The molecule has 26 heavy (non-hydrogen) atoms. The van der Waals surface area contributed by atoms with E-state index < -0.39 is 5.79 Å². The van der Waals surface area contributed by atoms with E-state index in [0.717, 1.165) is 34.4 Å². The molecule has 0 radical (unpaired) electrons. The highest BCUT2D eigenvalue weighted by Gasteiger charge is 2.49. The molecule has 3 aromatic carbocycles. The summed E-state index contributed by atoms with van der Waals surface area (Å²) in [5, 5.41) is 0. The van der Waals surface area contributed by atoms with Gasteiger partial charge in [-0.2, -0.15) is 0 Å². The Hall–Kier alpha value is -2.26. The van der Waals surface area contributed by atoms with E-state index >= 15 is 0 Å². The zero-order valence-corrected chi connectivity index (χ0v) is 16.1. The fraction of sp³-hybridized carbons (Fsp3) is 0.217. The van der Waals surface area contributed by atoms with Crippen LogP contribution in [0.4, 0.5) is 0 Å². The van der Waals surface area contributed by atoms with Crippen LogP contribution in [0, 0.1) is 0 Å². The van der Waals surface area contributed by atoms with E-state index in [1.165, 1.54) is 16.7 Å². The van der Waals surface area contributed by atoms with Crippen molar-refractivity contribution in [1.82, 2.24) is 0 Å². The van der Waals surface area contributed by atoms with Crippen molar-refractivity contribution in [2.45, 2.75) is 31.5 Å². The summed E-state index contributed by atoms with van der Waals surface area (Å²) < 4.78 is 14.1.